The molecule has 2 rings (SSSR count). The molecule has 0 aromatic heterocycles. The summed E-state index contributed by atoms with van der Waals surface area (Å²) in [4.78, 5) is -0.185. The maximum atomic E-state index is 13.4. The van der Waals surface area contributed by atoms with Crippen LogP contribution in [0.15, 0.2) is 47.4 Å². The summed E-state index contributed by atoms with van der Waals surface area (Å²) in [6.07, 6.45) is 0. The third kappa shape index (κ3) is 2.78. The molecular weight excluding hydrogens is 295 g/mol. The van der Waals surface area contributed by atoms with Crippen LogP contribution in [0.5, 0.6) is 5.75 Å². The largest absolute Gasteiger partial charge is 0.495 e. The number of nitrogens with two attached hydrogens (primary N) is 1. The molecule has 21 heavy (non-hydrogen) atoms. The van der Waals surface area contributed by atoms with Crippen molar-refractivity contribution in [2.45, 2.75) is 4.90 Å². The van der Waals surface area contributed by atoms with Gasteiger partial charge in [-0.1, -0.05) is 18.2 Å². The lowest BCUT2D eigenvalue weighted by Crippen LogP contribution is -2.27. The van der Waals surface area contributed by atoms with Crippen LogP contribution in [-0.2, 0) is 10.0 Å². The van der Waals surface area contributed by atoms with Gasteiger partial charge >= 0.3 is 0 Å². The predicted octanol–water partition coefficient (Wildman–Crippen LogP) is 2.24. The van der Waals surface area contributed by atoms with Gasteiger partial charge in [-0.25, -0.2) is 12.8 Å². The highest BCUT2D eigenvalue weighted by Gasteiger charge is 2.26. The summed E-state index contributed by atoms with van der Waals surface area (Å²) in [5.74, 6) is -0.822. The molecule has 0 fully saturated rings. The third-order valence-electron chi connectivity index (χ3n) is 3.04. The number of hydrogen-bond acceptors (Lipinski definition) is 4. The average Bonchev–Trinajstić information content (AvgIpc) is 2.49. The number of sulfonamides is 1. The molecule has 0 spiro atoms. The lowest BCUT2D eigenvalue weighted by molar-refractivity contribution is 0.399. The monoisotopic (exact) mass is 310 g/mol. The van der Waals surface area contributed by atoms with Crippen LogP contribution in [0.4, 0.5) is 15.8 Å². The summed E-state index contributed by atoms with van der Waals surface area (Å²) < 4.78 is 44.8. The van der Waals surface area contributed by atoms with Crippen molar-refractivity contribution in [1.29, 1.82) is 0 Å². The number of para-hydroxylation sites is 1. The fourth-order valence-electron chi connectivity index (χ4n) is 1.84. The van der Waals surface area contributed by atoms with Crippen LogP contribution in [0.1, 0.15) is 0 Å². The van der Waals surface area contributed by atoms with Crippen molar-refractivity contribution < 1.29 is 17.5 Å². The van der Waals surface area contributed by atoms with E-state index in [0.29, 0.717) is 5.69 Å². The summed E-state index contributed by atoms with van der Waals surface area (Å²) in [5.41, 5.74) is 5.69. The first kappa shape index (κ1) is 15.1. The summed E-state index contributed by atoms with van der Waals surface area (Å²) in [6.45, 7) is 0. The molecule has 0 saturated heterocycles. The first-order valence-electron chi connectivity index (χ1n) is 6.05. The molecule has 0 atom stereocenters. The maximum Gasteiger partial charge on any atom is 0.267 e. The van der Waals surface area contributed by atoms with Gasteiger partial charge in [0, 0.05) is 13.1 Å². The number of anilines is 2. The van der Waals surface area contributed by atoms with Gasteiger partial charge in [0.25, 0.3) is 10.0 Å². The molecule has 5 nitrogen and oxygen atoms in total. The van der Waals surface area contributed by atoms with Crippen LogP contribution in [-0.4, -0.2) is 22.6 Å². The Bertz CT molecular complexity index is 748. The number of nitrogen functional groups attached to an aromatic ring is 1. The molecule has 7 heteroatoms. The molecule has 0 aliphatic rings. The van der Waals surface area contributed by atoms with E-state index < -0.39 is 15.8 Å². The van der Waals surface area contributed by atoms with Crippen LogP contribution >= 0.6 is 0 Å². The lowest BCUT2D eigenvalue weighted by Gasteiger charge is -2.21. The number of methoxy groups -OCH3 is 1. The molecular formula is C14H15FN2O3S. The molecule has 0 heterocycles. The molecule has 0 bridgehead atoms. The zero-order valence-electron chi connectivity index (χ0n) is 11.6. The first-order valence-corrected chi connectivity index (χ1v) is 7.49. The van der Waals surface area contributed by atoms with Crippen molar-refractivity contribution in [3.05, 3.63) is 48.3 Å². The van der Waals surface area contributed by atoms with Gasteiger partial charge in [-0.3, -0.25) is 4.31 Å². The van der Waals surface area contributed by atoms with Crippen molar-refractivity contribution in [3.8, 4) is 5.75 Å². The van der Waals surface area contributed by atoms with Crippen LogP contribution in [0, 0.1) is 5.82 Å². The Morgan fingerprint density at radius 1 is 1.19 bits per heavy atom. The normalized spacial score (nSPS) is 11.2. The van der Waals surface area contributed by atoms with Gasteiger partial charge < -0.3 is 10.5 Å². The predicted molar refractivity (Wildman–Crippen MR) is 79.4 cm³/mol. The Balaban J connectivity index is 2.57. The summed E-state index contributed by atoms with van der Waals surface area (Å²) in [7, 11) is -1.24. The van der Waals surface area contributed by atoms with Crippen molar-refractivity contribution >= 4 is 21.4 Å². The summed E-state index contributed by atoms with van der Waals surface area (Å²) >= 11 is 0. The van der Waals surface area contributed by atoms with E-state index in [9.17, 15) is 12.8 Å². The average molecular weight is 310 g/mol. The Morgan fingerprint density at radius 3 is 2.38 bits per heavy atom. The van der Waals surface area contributed by atoms with Crippen molar-refractivity contribution in [1.82, 2.24) is 0 Å². The van der Waals surface area contributed by atoms with E-state index >= 15 is 0 Å². The van der Waals surface area contributed by atoms with E-state index in [0.717, 1.165) is 16.4 Å². The first-order chi connectivity index (χ1) is 9.87. The van der Waals surface area contributed by atoms with E-state index in [2.05, 4.69) is 0 Å². The van der Waals surface area contributed by atoms with E-state index in [1.165, 1.54) is 14.2 Å². The van der Waals surface area contributed by atoms with Gasteiger partial charge in [-0.05, 0) is 18.2 Å². The highest BCUT2D eigenvalue weighted by atomic mass is 32.2. The molecule has 2 N–H and O–H groups in total. The molecule has 2 aromatic carbocycles. The second kappa shape index (κ2) is 5.61. The number of hydrogen-bond donors (Lipinski definition) is 1. The standard InChI is InChI=1S/C14H15FN2O3S/c1-17(10-6-4-3-5-7-10)21(18,19)14-9-12(16)11(15)8-13(14)20-2/h3-9H,16H2,1-2H3. The van der Waals surface area contributed by atoms with Crippen LogP contribution in [0.25, 0.3) is 0 Å². The van der Waals surface area contributed by atoms with Gasteiger partial charge in [0.15, 0.2) is 0 Å². The highest BCUT2D eigenvalue weighted by molar-refractivity contribution is 7.93. The zero-order valence-corrected chi connectivity index (χ0v) is 12.4. The number of halogens is 1. The van der Waals surface area contributed by atoms with Gasteiger partial charge in [0.05, 0.1) is 18.5 Å². The Morgan fingerprint density at radius 2 is 1.81 bits per heavy atom. The Hall–Kier alpha value is -2.28. The van der Waals surface area contributed by atoms with Gasteiger partial charge in [0.2, 0.25) is 0 Å². The van der Waals surface area contributed by atoms with Crippen LogP contribution < -0.4 is 14.8 Å². The van der Waals surface area contributed by atoms with Gasteiger partial charge in [-0.15, -0.1) is 0 Å². The van der Waals surface area contributed by atoms with Crippen LogP contribution in [0.2, 0.25) is 0 Å². The fourth-order valence-corrected chi connectivity index (χ4v) is 3.20. The molecule has 0 radical (unpaired) electrons. The Labute approximate surface area is 122 Å². The minimum absolute atomic E-state index is 0.0931. The van der Waals surface area contributed by atoms with E-state index in [1.807, 2.05) is 0 Å². The number of nitrogens with zero attached hydrogens (tertiary/aromatic N) is 1. The minimum Gasteiger partial charge on any atom is -0.495 e. The fraction of sp³-hybridized carbons (Fsp3) is 0.143. The van der Waals surface area contributed by atoms with Crippen molar-refractivity contribution in [2.24, 2.45) is 0 Å². The maximum absolute atomic E-state index is 13.4. The molecule has 0 aliphatic heterocycles. The van der Waals surface area contributed by atoms with Crippen molar-refractivity contribution in [3.63, 3.8) is 0 Å². The molecule has 112 valence electrons. The molecule has 0 saturated carbocycles. The van der Waals surface area contributed by atoms with E-state index in [-0.39, 0.29) is 16.3 Å². The molecule has 0 aliphatic carbocycles. The van der Waals surface area contributed by atoms with E-state index in [1.54, 1.807) is 30.3 Å². The Kier molecular flexibility index (Phi) is 4.04. The van der Waals surface area contributed by atoms with Crippen molar-refractivity contribution in [2.75, 3.05) is 24.2 Å². The molecule has 0 unspecified atom stereocenters. The molecule has 0 amide bonds. The second-order valence-electron chi connectivity index (χ2n) is 4.33. The highest BCUT2D eigenvalue weighted by Crippen LogP contribution is 2.32. The third-order valence-corrected chi connectivity index (χ3v) is 4.85. The van der Waals surface area contributed by atoms with E-state index in [4.69, 9.17) is 10.5 Å². The molecule has 2 aromatic rings. The quantitative estimate of drug-likeness (QED) is 0.879. The lowest BCUT2D eigenvalue weighted by atomic mass is 10.3. The minimum atomic E-state index is -3.91. The van der Waals surface area contributed by atoms with Gasteiger partial charge in [0.1, 0.15) is 16.5 Å². The number of ether oxygens (including phenoxy) is 1. The summed E-state index contributed by atoms with van der Waals surface area (Å²) in [6, 6.07) is 10.5. The second-order valence-corrected chi connectivity index (χ2v) is 6.27. The summed E-state index contributed by atoms with van der Waals surface area (Å²) in [5, 5.41) is 0. The zero-order chi connectivity index (χ0) is 15.6. The topological polar surface area (TPSA) is 72.6 Å². The number of rotatable bonds is 4. The van der Waals surface area contributed by atoms with Crippen LogP contribution in [0.3, 0.4) is 0 Å². The number of benzene rings is 2. The SMILES string of the molecule is COc1cc(F)c(N)cc1S(=O)(=O)N(C)c1ccccc1. The van der Waals surface area contributed by atoms with Gasteiger partial charge in [-0.2, -0.15) is 0 Å². The smallest absolute Gasteiger partial charge is 0.267 e.